The molecule has 33 heavy (non-hydrogen) atoms. The van der Waals surface area contributed by atoms with Crippen LogP contribution in [0.5, 0.6) is 0 Å². The fourth-order valence-corrected chi connectivity index (χ4v) is 4.85. The Morgan fingerprint density at radius 3 is 1.55 bits per heavy atom. The Morgan fingerprint density at radius 1 is 0.424 bits per heavy atom. The van der Waals surface area contributed by atoms with Crippen LogP contribution in [0.15, 0.2) is 140 Å². The highest BCUT2D eigenvalue weighted by Crippen LogP contribution is 2.56. The number of nitrogens with zero attached hydrogens (tertiary/aromatic N) is 2. The number of hydrogen-bond acceptors (Lipinski definition) is 2. The molecule has 1 aliphatic heterocycles. The summed E-state index contributed by atoms with van der Waals surface area (Å²) < 4.78 is 0. The van der Waals surface area contributed by atoms with E-state index in [4.69, 9.17) is 0 Å². The van der Waals surface area contributed by atoms with E-state index in [-0.39, 0.29) is 6.17 Å². The van der Waals surface area contributed by atoms with Gasteiger partial charge in [0.2, 0.25) is 0 Å². The number of para-hydroxylation sites is 3. The largest absolute Gasteiger partial charge is 0.314 e. The van der Waals surface area contributed by atoms with Gasteiger partial charge < -0.3 is 9.80 Å². The Bertz CT molecular complexity index is 1350. The predicted octanol–water partition coefficient (Wildman–Crippen LogP) is 8.34. The van der Waals surface area contributed by atoms with Crippen molar-refractivity contribution in [1.29, 1.82) is 0 Å². The van der Waals surface area contributed by atoms with E-state index < -0.39 is 0 Å². The molecule has 0 radical (unpaired) electrons. The van der Waals surface area contributed by atoms with Crippen LogP contribution in [0, 0.1) is 0 Å². The topological polar surface area (TPSA) is 6.48 Å². The van der Waals surface area contributed by atoms with E-state index in [0.717, 1.165) is 0 Å². The van der Waals surface area contributed by atoms with Crippen LogP contribution in [-0.4, -0.2) is 0 Å². The van der Waals surface area contributed by atoms with E-state index in [1.165, 1.54) is 39.4 Å². The van der Waals surface area contributed by atoms with Crippen molar-refractivity contribution in [2.45, 2.75) is 6.17 Å². The van der Waals surface area contributed by atoms with Crippen molar-refractivity contribution >= 4 is 22.7 Å². The molecule has 1 unspecified atom stereocenters. The predicted molar refractivity (Wildman–Crippen MR) is 138 cm³/mol. The quantitative estimate of drug-likeness (QED) is 0.286. The summed E-state index contributed by atoms with van der Waals surface area (Å²) in [6.45, 7) is 0. The lowest BCUT2D eigenvalue weighted by atomic mass is 10.0. The number of benzene rings is 5. The molecule has 158 valence electrons. The van der Waals surface area contributed by atoms with Crippen molar-refractivity contribution in [3.05, 3.63) is 145 Å². The number of anilines is 4. The molecule has 2 nitrogen and oxygen atoms in total. The summed E-state index contributed by atoms with van der Waals surface area (Å²) in [5.41, 5.74) is 8.49. The second-order valence-corrected chi connectivity index (χ2v) is 8.23. The molecule has 0 bridgehead atoms. The van der Waals surface area contributed by atoms with Crippen molar-refractivity contribution in [2.24, 2.45) is 0 Å². The molecule has 5 aromatic carbocycles. The van der Waals surface area contributed by atoms with Gasteiger partial charge in [0.05, 0.1) is 11.4 Å². The van der Waals surface area contributed by atoms with Crippen LogP contribution in [0.2, 0.25) is 0 Å². The minimum Gasteiger partial charge on any atom is -0.314 e. The summed E-state index contributed by atoms with van der Waals surface area (Å²) in [7, 11) is 0. The molecule has 0 N–H and O–H groups in total. The Morgan fingerprint density at radius 2 is 0.939 bits per heavy atom. The molecule has 0 aliphatic carbocycles. The maximum Gasteiger partial charge on any atom is 0.137 e. The fraction of sp³-hybridized carbons (Fsp3) is 0.0323. The lowest BCUT2D eigenvalue weighted by Crippen LogP contribution is -2.30. The van der Waals surface area contributed by atoms with Crippen LogP contribution in [0.4, 0.5) is 22.7 Å². The Kier molecular flexibility index (Phi) is 4.89. The highest BCUT2D eigenvalue weighted by molar-refractivity contribution is 5.98. The number of hydrogen-bond donors (Lipinski definition) is 0. The zero-order chi connectivity index (χ0) is 22.0. The zero-order valence-corrected chi connectivity index (χ0v) is 18.3. The van der Waals surface area contributed by atoms with Crippen LogP contribution in [0.1, 0.15) is 11.7 Å². The third-order valence-corrected chi connectivity index (χ3v) is 6.26. The van der Waals surface area contributed by atoms with Gasteiger partial charge in [0.25, 0.3) is 0 Å². The van der Waals surface area contributed by atoms with Gasteiger partial charge in [0.15, 0.2) is 0 Å². The van der Waals surface area contributed by atoms with E-state index in [1.807, 2.05) is 0 Å². The van der Waals surface area contributed by atoms with Gasteiger partial charge in [-0.2, -0.15) is 0 Å². The molecule has 0 aromatic heterocycles. The molecular weight excluding hydrogens is 400 g/mol. The molecule has 1 atom stereocenters. The van der Waals surface area contributed by atoms with Crippen LogP contribution >= 0.6 is 0 Å². The number of rotatable bonds is 4. The van der Waals surface area contributed by atoms with Crippen LogP contribution in [0.25, 0.3) is 11.1 Å². The molecule has 0 saturated carbocycles. The third kappa shape index (κ3) is 3.37. The highest BCUT2D eigenvalue weighted by Gasteiger charge is 2.40. The first-order valence-corrected chi connectivity index (χ1v) is 11.3. The molecule has 0 saturated heterocycles. The second kappa shape index (κ2) is 8.33. The van der Waals surface area contributed by atoms with Crippen molar-refractivity contribution < 1.29 is 0 Å². The minimum absolute atomic E-state index is 0.00383. The molecule has 1 heterocycles. The second-order valence-electron chi connectivity index (χ2n) is 8.23. The Balaban J connectivity index is 1.67. The van der Waals surface area contributed by atoms with Gasteiger partial charge in [-0.15, -0.1) is 0 Å². The first-order chi connectivity index (χ1) is 16.4. The summed E-state index contributed by atoms with van der Waals surface area (Å²) in [6, 6.07) is 49.6. The zero-order valence-electron chi connectivity index (χ0n) is 18.3. The third-order valence-electron chi connectivity index (χ3n) is 6.26. The summed E-state index contributed by atoms with van der Waals surface area (Å²) in [5, 5.41) is 0. The molecule has 0 fully saturated rings. The minimum atomic E-state index is -0.00383. The highest BCUT2D eigenvalue weighted by atomic mass is 15.4. The maximum atomic E-state index is 2.49. The van der Waals surface area contributed by atoms with Gasteiger partial charge in [0, 0.05) is 16.9 Å². The standard InChI is InChI=1S/C31H24N2/c1-5-14-24(15-6-1)28-22-13-23-29-30(28)33(27-20-11-4-12-21-27)31(25-16-7-2-8-17-25)32(29)26-18-9-3-10-19-26/h1-23,31H. The molecule has 2 heteroatoms. The molecule has 1 aliphatic rings. The van der Waals surface area contributed by atoms with E-state index in [2.05, 4.69) is 149 Å². The van der Waals surface area contributed by atoms with Crippen molar-refractivity contribution in [3.63, 3.8) is 0 Å². The van der Waals surface area contributed by atoms with Crippen molar-refractivity contribution in [1.82, 2.24) is 0 Å². The smallest absolute Gasteiger partial charge is 0.137 e. The molecule has 5 aromatic rings. The van der Waals surface area contributed by atoms with E-state index in [9.17, 15) is 0 Å². The summed E-state index contributed by atoms with van der Waals surface area (Å²) in [4.78, 5) is 4.95. The average Bonchev–Trinajstić information content (AvgIpc) is 3.26. The van der Waals surface area contributed by atoms with E-state index >= 15 is 0 Å². The lowest BCUT2D eigenvalue weighted by molar-refractivity contribution is 0.746. The first-order valence-electron chi connectivity index (χ1n) is 11.3. The Labute approximate surface area is 195 Å². The molecular formula is C31H24N2. The first kappa shape index (κ1) is 19.4. The summed E-state index contributed by atoms with van der Waals surface area (Å²) in [5.74, 6) is 0. The van der Waals surface area contributed by atoms with E-state index in [0.29, 0.717) is 0 Å². The van der Waals surface area contributed by atoms with Gasteiger partial charge in [-0.05, 0) is 41.5 Å². The molecule has 0 spiro atoms. The summed E-state index contributed by atoms with van der Waals surface area (Å²) in [6.07, 6.45) is -0.00383. The van der Waals surface area contributed by atoms with Gasteiger partial charge in [-0.1, -0.05) is 109 Å². The molecule has 6 rings (SSSR count). The summed E-state index contributed by atoms with van der Waals surface area (Å²) >= 11 is 0. The normalized spacial score (nSPS) is 14.8. The fourth-order valence-electron chi connectivity index (χ4n) is 4.85. The van der Waals surface area contributed by atoms with E-state index in [1.54, 1.807) is 0 Å². The lowest BCUT2D eigenvalue weighted by Gasteiger charge is -2.34. The van der Waals surface area contributed by atoms with Gasteiger partial charge in [-0.3, -0.25) is 0 Å². The molecule has 0 amide bonds. The number of fused-ring (bicyclic) bond motifs is 1. The van der Waals surface area contributed by atoms with Crippen LogP contribution in [-0.2, 0) is 0 Å². The van der Waals surface area contributed by atoms with Gasteiger partial charge >= 0.3 is 0 Å². The maximum absolute atomic E-state index is 2.49. The van der Waals surface area contributed by atoms with Crippen LogP contribution < -0.4 is 9.80 Å². The van der Waals surface area contributed by atoms with Crippen molar-refractivity contribution in [2.75, 3.05) is 9.80 Å². The Hall–Kier alpha value is -4.30. The van der Waals surface area contributed by atoms with Crippen LogP contribution in [0.3, 0.4) is 0 Å². The van der Waals surface area contributed by atoms with Gasteiger partial charge in [0.1, 0.15) is 6.17 Å². The van der Waals surface area contributed by atoms with Crippen molar-refractivity contribution in [3.8, 4) is 11.1 Å². The average molecular weight is 425 g/mol. The monoisotopic (exact) mass is 424 g/mol. The SMILES string of the molecule is c1ccc(-c2cccc3c2N(c2ccccc2)C(c2ccccc2)N3c2ccccc2)cc1. The van der Waals surface area contributed by atoms with Gasteiger partial charge in [-0.25, -0.2) is 0 Å².